The number of piperidine rings is 2. The fraction of sp³-hybridized carbons (Fsp3) is 0.609. The van der Waals surface area contributed by atoms with Gasteiger partial charge in [0, 0.05) is 74.8 Å². The average Bonchev–Trinajstić information content (AvgIpc) is 2.82. The molecule has 2 aliphatic heterocycles. The Hall–Kier alpha value is -2.77. The number of aliphatic hydroxyl groups excluding tert-OH is 1. The molecule has 1 aromatic carbocycles. The molecule has 0 radical (unpaired) electrons. The molecule has 4 atom stereocenters. The molecule has 10 N–H and O–H groups in total. The molecule has 1 aromatic heterocycles. The van der Waals surface area contributed by atoms with Crippen LogP contribution in [0.25, 0.3) is 0 Å². The van der Waals surface area contributed by atoms with Crippen LogP contribution in [0.5, 0.6) is 0 Å². The summed E-state index contributed by atoms with van der Waals surface area (Å²) in [5.74, 6) is 1.50. The summed E-state index contributed by atoms with van der Waals surface area (Å²) in [5.41, 5.74) is 26.8. The fourth-order valence-corrected chi connectivity index (χ4v) is 4.85. The molecule has 2 saturated heterocycles. The molecule has 0 bridgehead atoms. The second-order valence-electron chi connectivity index (χ2n) is 9.56. The van der Waals surface area contributed by atoms with E-state index >= 15 is 0 Å². The molecule has 0 unspecified atom stereocenters. The molecule has 2 aliphatic rings. The zero-order chi connectivity index (χ0) is 24.9. The summed E-state index contributed by atoms with van der Waals surface area (Å²) >= 11 is 0. The van der Waals surface area contributed by atoms with Crippen molar-refractivity contribution in [2.45, 2.75) is 43.9 Å². The Kier molecular flexibility index (Phi) is 8.19. The van der Waals surface area contributed by atoms with Crippen LogP contribution in [0.4, 0.5) is 29.2 Å². The lowest BCUT2D eigenvalue weighted by Gasteiger charge is -2.37. The highest BCUT2D eigenvalue weighted by atomic mass is 16.3. The van der Waals surface area contributed by atoms with Crippen molar-refractivity contribution < 1.29 is 5.11 Å². The summed E-state index contributed by atoms with van der Waals surface area (Å²) in [4.78, 5) is 20.3. The maximum atomic E-state index is 9.30. The summed E-state index contributed by atoms with van der Waals surface area (Å²) in [6.45, 7) is 6.08. The van der Waals surface area contributed by atoms with Crippen molar-refractivity contribution in [3.63, 3.8) is 0 Å². The van der Waals surface area contributed by atoms with Crippen LogP contribution in [-0.2, 0) is 0 Å². The van der Waals surface area contributed by atoms with Crippen molar-refractivity contribution in [1.29, 1.82) is 0 Å². The Labute approximate surface area is 206 Å². The Bertz CT molecular complexity index is 895. The topological polar surface area (TPSA) is 185 Å². The van der Waals surface area contributed by atoms with Gasteiger partial charge in [0.25, 0.3) is 0 Å². The Morgan fingerprint density at radius 2 is 1.34 bits per heavy atom. The molecule has 3 heterocycles. The minimum Gasteiger partial charge on any atom is -0.395 e. The van der Waals surface area contributed by atoms with Gasteiger partial charge in [-0.15, -0.1) is 0 Å². The van der Waals surface area contributed by atoms with Gasteiger partial charge in [0.1, 0.15) is 0 Å². The van der Waals surface area contributed by atoms with Crippen LogP contribution in [0.15, 0.2) is 24.3 Å². The number of nitrogens with one attached hydrogen (secondary N) is 1. The number of rotatable bonds is 8. The Morgan fingerprint density at radius 1 is 0.857 bits per heavy atom. The molecule has 2 fully saturated rings. The first kappa shape index (κ1) is 25.3. The molecular formula is C23H39N11O. The van der Waals surface area contributed by atoms with E-state index in [4.69, 9.17) is 37.9 Å². The van der Waals surface area contributed by atoms with E-state index in [2.05, 4.69) is 17.1 Å². The molecule has 0 saturated carbocycles. The number of likely N-dealkylation sites (N-methyl/N-ethyl adjacent to an activating group) is 1. The van der Waals surface area contributed by atoms with Crippen molar-refractivity contribution in [1.82, 2.24) is 15.0 Å². The molecule has 2 aromatic rings. The molecule has 4 rings (SSSR count). The van der Waals surface area contributed by atoms with Crippen molar-refractivity contribution in [3.8, 4) is 0 Å². The zero-order valence-corrected chi connectivity index (χ0v) is 20.4. The lowest BCUT2D eigenvalue weighted by Crippen LogP contribution is -2.54. The van der Waals surface area contributed by atoms with E-state index in [1.807, 2.05) is 34.1 Å². The highest BCUT2D eigenvalue weighted by Crippen LogP contribution is 2.25. The van der Waals surface area contributed by atoms with E-state index in [9.17, 15) is 5.11 Å². The van der Waals surface area contributed by atoms with Gasteiger partial charge < -0.3 is 48.1 Å². The number of aliphatic hydroxyl groups is 1. The zero-order valence-electron chi connectivity index (χ0n) is 20.4. The van der Waals surface area contributed by atoms with Crippen LogP contribution >= 0.6 is 0 Å². The van der Waals surface area contributed by atoms with E-state index in [1.54, 1.807) is 0 Å². The van der Waals surface area contributed by atoms with Crippen molar-refractivity contribution >= 4 is 29.2 Å². The van der Waals surface area contributed by atoms with Crippen LogP contribution in [0, 0.1) is 0 Å². The molecule has 12 nitrogen and oxygen atoms in total. The lowest BCUT2D eigenvalue weighted by atomic mass is 10.0. The van der Waals surface area contributed by atoms with Gasteiger partial charge in [0.2, 0.25) is 17.8 Å². The average molecular weight is 486 g/mol. The van der Waals surface area contributed by atoms with Crippen LogP contribution in [0.2, 0.25) is 0 Å². The normalized spacial score (nSPS) is 25.0. The number of anilines is 5. The van der Waals surface area contributed by atoms with Crippen LogP contribution in [0.3, 0.4) is 0 Å². The molecule has 0 amide bonds. The van der Waals surface area contributed by atoms with Crippen molar-refractivity contribution in [2.75, 3.05) is 65.9 Å². The molecular weight excluding hydrogens is 446 g/mol. The van der Waals surface area contributed by atoms with E-state index in [0.717, 1.165) is 30.8 Å². The Balaban J connectivity index is 1.61. The first-order chi connectivity index (χ1) is 16.8. The predicted octanol–water partition coefficient (Wildman–Crippen LogP) is -0.837. The number of hydrogen-bond acceptors (Lipinski definition) is 12. The molecule has 192 valence electrons. The minimum absolute atomic E-state index is 0.0415. The van der Waals surface area contributed by atoms with E-state index in [1.165, 1.54) is 0 Å². The molecule has 35 heavy (non-hydrogen) atoms. The first-order valence-electron chi connectivity index (χ1n) is 12.4. The number of aromatic nitrogens is 3. The first-order valence-corrected chi connectivity index (χ1v) is 12.4. The van der Waals surface area contributed by atoms with Gasteiger partial charge in [0.15, 0.2) is 0 Å². The third kappa shape index (κ3) is 6.47. The largest absolute Gasteiger partial charge is 0.395 e. The van der Waals surface area contributed by atoms with E-state index in [-0.39, 0.29) is 30.8 Å². The van der Waals surface area contributed by atoms with Gasteiger partial charge in [-0.1, -0.05) is 0 Å². The summed E-state index contributed by atoms with van der Waals surface area (Å²) in [7, 11) is 0. The monoisotopic (exact) mass is 485 g/mol. The predicted molar refractivity (Wildman–Crippen MR) is 140 cm³/mol. The van der Waals surface area contributed by atoms with Gasteiger partial charge in [0.05, 0.1) is 6.61 Å². The Morgan fingerprint density at radius 3 is 1.77 bits per heavy atom. The van der Waals surface area contributed by atoms with Gasteiger partial charge in [-0.05, 0) is 44.0 Å². The van der Waals surface area contributed by atoms with Crippen LogP contribution in [-0.4, -0.2) is 90.1 Å². The highest BCUT2D eigenvalue weighted by Gasteiger charge is 2.28. The molecule has 0 spiro atoms. The smallest absolute Gasteiger partial charge is 0.233 e. The minimum atomic E-state index is -0.0415. The maximum absolute atomic E-state index is 9.30. The highest BCUT2D eigenvalue weighted by molar-refractivity contribution is 5.61. The molecule has 0 aliphatic carbocycles. The number of hydrogen-bond donors (Lipinski definition) is 6. The number of benzene rings is 1. The van der Waals surface area contributed by atoms with Gasteiger partial charge >= 0.3 is 0 Å². The fourth-order valence-electron chi connectivity index (χ4n) is 4.85. The van der Waals surface area contributed by atoms with Crippen LogP contribution in [0.1, 0.15) is 19.8 Å². The van der Waals surface area contributed by atoms with Crippen molar-refractivity contribution in [3.05, 3.63) is 24.3 Å². The van der Waals surface area contributed by atoms with E-state index in [0.29, 0.717) is 50.6 Å². The summed E-state index contributed by atoms with van der Waals surface area (Å²) in [5, 5.41) is 12.6. The number of nitrogens with zero attached hydrogens (tertiary/aromatic N) is 6. The van der Waals surface area contributed by atoms with Crippen LogP contribution < -0.4 is 43.0 Å². The lowest BCUT2D eigenvalue weighted by molar-refractivity contribution is 0.302. The molecule has 12 heteroatoms. The quantitative estimate of drug-likeness (QED) is 0.273. The summed E-state index contributed by atoms with van der Waals surface area (Å²) in [6.07, 6.45) is 1.54. The van der Waals surface area contributed by atoms with Gasteiger partial charge in [-0.2, -0.15) is 15.0 Å². The van der Waals surface area contributed by atoms with Gasteiger partial charge in [-0.25, -0.2) is 0 Å². The third-order valence-corrected chi connectivity index (χ3v) is 6.45. The summed E-state index contributed by atoms with van der Waals surface area (Å²) < 4.78 is 0. The second kappa shape index (κ2) is 11.3. The second-order valence-corrected chi connectivity index (χ2v) is 9.56. The van der Waals surface area contributed by atoms with Gasteiger partial charge in [-0.3, -0.25) is 0 Å². The van der Waals surface area contributed by atoms with E-state index < -0.39 is 0 Å². The SMILES string of the molecule is CCN(CCO)c1ccc(Nc2nc(N3C[C@H](N)C[C@H](N)C3)nc(N3C[C@H](N)C[C@H](N)C3)n2)cc1. The maximum Gasteiger partial charge on any atom is 0.233 e. The third-order valence-electron chi connectivity index (χ3n) is 6.45. The number of nitrogens with two attached hydrogens (primary N) is 4. The van der Waals surface area contributed by atoms with Crippen molar-refractivity contribution in [2.24, 2.45) is 22.9 Å². The standard InChI is InChI=1S/C23H39N11O/c1-2-32(7-8-35)20-5-3-19(4-6-20)28-21-29-22(33-11-15(24)9-16(25)12-33)31-23(30-21)34-13-17(26)10-18(27)14-34/h3-6,15-18,35H,2,7-14,24-27H2,1H3,(H,28,29,30,31)/t15-,16+,17-,18+. The summed E-state index contributed by atoms with van der Waals surface area (Å²) in [6, 6.07) is 7.79.